The highest BCUT2D eigenvalue weighted by molar-refractivity contribution is 6.01. The Balaban J connectivity index is 2.07. The molecule has 3 heteroatoms. The molecule has 0 N–H and O–H groups in total. The number of pyridine rings is 1. The van der Waals surface area contributed by atoms with Crippen LogP contribution < -0.4 is 0 Å². The fraction of sp³-hybridized carbons (Fsp3) is 0.182. The molecule has 2 aromatic heterocycles. The molecule has 3 heterocycles. The summed E-state index contributed by atoms with van der Waals surface area (Å²) in [5.74, 6) is 1.08. The van der Waals surface area contributed by atoms with Gasteiger partial charge in [-0.15, -0.1) is 0 Å². The van der Waals surface area contributed by atoms with Crippen LogP contribution in [0.25, 0.3) is 39.1 Å². The molecule has 0 radical (unpaired) electrons. The molecule has 0 atom stereocenters. The second-order valence-electron chi connectivity index (χ2n) is 7.61. The first-order valence-electron chi connectivity index (χ1n) is 8.63. The molecule has 25 heavy (non-hydrogen) atoms. The summed E-state index contributed by atoms with van der Waals surface area (Å²) in [6.45, 7) is 6.66. The van der Waals surface area contributed by atoms with Crippen LogP contribution >= 0.6 is 0 Å². The molecular formula is C22H19N3. The average Bonchev–Trinajstić information content (AvgIpc) is 2.96. The van der Waals surface area contributed by atoms with Crippen molar-refractivity contribution >= 4 is 11.0 Å². The highest BCUT2D eigenvalue weighted by Gasteiger charge is 2.29. The maximum atomic E-state index is 5.01. The first-order valence-corrected chi connectivity index (χ1v) is 8.63. The zero-order chi connectivity index (χ0) is 17.2. The number of hydrogen-bond donors (Lipinski definition) is 0. The van der Waals surface area contributed by atoms with Crippen molar-refractivity contribution in [2.45, 2.75) is 26.2 Å². The Kier molecular flexibility index (Phi) is 2.76. The molecule has 0 spiro atoms. The lowest BCUT2D eigenvalue weighted by Gasteiger charge is -2.21. The molecule has 0 unspecified atom stereocenters. The van der Waals surface area contributed by atoms with E-state index < -0.39 is 0 Å². The number of nitrogens with zero attached hydrogens (tertiary/aromatic N) is 3. The Morgan fingerprint density at radius 3 is 2.40 bits per heavy atom. The largest absolute Gasteiger partial charge is 0.295 e. The van der Waals surface area contributed by atoms with Gasteiger partial charge in [0.05, 0.1) is 22.4 Å². The number of benzene rings is 2. The normalized spacial score (nSPS) is 12.6. The summed E-state index contributed by atoms with van der Waals surface area (Å²) in [6, 6.07) is 19.1. The van der Waals surface area contributed by atoms with Crippen molar-refractivity contribution in [1.82, 2.24) is 14.5 Å². The van der Waals surface area contributed by atoms with Gasteiger partial charge in [0.25, 0.3) is 0 Å². The summed E-state index contributed by atoms with van der Waals surface area (Å²) in [7, 11) is 0. The lowest BCUT2D eigenvalue weighted by Crippen LogP contribution is -2.18. The Bertz CT molecular complexity index is 1130. The van der Waals surface area contributed by atoms with Gasteiger partial charge >= 0.3 is 0 Å². The molecule has 0 fully saturated rings. The zero-order valence-corrected chi connectivity index (χ0v) is 14.6. The van der Waals surface area contributed by atoms with Crippen LogP contribution in [0.1, 0.15) is 26.6 Å². The summed E-state index contributed by atoms with van der Waals surface area (Å²) in [6.07, 6.45) is 1.87. The Hall–Kier alpha value is -2.94. The summed E-state index contributed by atoms with van der Waals surface area (Å²) < 4.78 is 2.34. The van der Waals surface area contributed by atoms with Crippen LogP contribution in [0.4, 0.5) is 0 Å². The summed E-state index contributed by atoms with van der Waals surface area (Å²) >= 11 is 0. The number of fused-ring (bicyclic) bond motifs is 5. The van der Waals surface area contributed by atoms with Crippen LogP contribution in [0.5, 0.6) is 0 Å². The fourth-order valence-electron chi connectivity index (χ4n) is 3.79. The molecule has 1 aliphatic rings. The molecule has 3 nitrogen and oxygen atoms in total. The number of aromatic nitrogens is 3. The van der Waals surface area contributed by atoms with E-state index in [0.717, 1.165) is 28.3 Å². The van der Waals surface area contributed by atoms with Crippen LogP contribution in [0.2, 0.25) is 0 Å². The first-order chi connectivity index (χ1) is 12.1. The zero-order valence-electron chi connectivity index (χ0n) is 14.6. The number of rotatable bonds is 0. The minimum absolute atomic E-state index is 0.0621. The third-order valence-corrected chi connectivity index (χ3v) is 4.85. The van der Waals surface area contributed by atoms with Gasteiger partial charge in [0.1, 0.15) is 5.82 Å². The Labute approximate surface area is 147 Å². The molecule has 122 valence electrons. The van der Waals surface area contributed by atoms with E-state index in [-0.39, 0.29) is 5.41 Å². The molecule has 0 saturated carbocycles. The van der Waals surface area contributed by atoms with Crippen molar-refractivity contribution in [2.75, 3.05) is 0 Å². The van der Waals surface area contributed by atoms with Crippen molar-refractivity contribution in [3.63, 3.8) is 0 Å². The quantitative estimate of drug-likeness (QED) is 0.383. The van der Waals surface area contributed by atoms with E-state index in [9.17, 15) is 0 Å². The first kappa shape index (κ1) is 14.4. The average molecular weight is 325 g/mol. The molecule has 5 rings (SSSR count). The van der Waals surface area contributed by atoms with Crippen LogP contribution in [0.3, 0.4) is 0 Å². The monoisotopic (exact) mass is 325 g/mol. The van der Waals surface area contributed by atoms with Crippen molar-refractivity contribution < 1.29 is 0 Å². The van der Waals surface area contributed by atoms with Crippen LogP contribution in [-0.2, 0) is 5.41 Å². The predicted octanol–water partition coefficient (Wildman–Crippen LogP) is 5.37. The molecule has 0 bridgehead atoms. The summed E-state index contributed by atoms with van der Waals surface area (Å²) in [5.41, 5.74) is 7.85. The molecule has 0 saturated heterocycles. The van der Waals surface area contributed by atoms with Gasteiger partial charge in [-0.25, -0.2) is 4.98 Å². The lowest BCUT2D eigenvalue weighted by atomic mass is 9.95. The van der Waals surface area contributed by atoms with E-state index in [1.165, 1.54) is 16.6 Å². The predicted molar refractivity (Wildman–Crippen MR) is 102 cm³/mol. The van der Waals surface area contributed by atoms with Gasteiger partial charge in [-0.1, -0.05) is 57.2 Å². The SMILES string of the molecule is CC(C)(C)c1nc2cccc3c2n1-c1ccccc1-c1ncccc1-3. The third-order valence-electron chi connectivity index (χ3n) is 4.85. The maximum absolute atomic E-state index is 5.01. The number of para-hydroxylation sites is 2. The Morgan fingerprint density at radius 2 is 1.56 bits per heavy atom. The molecule has 1 aliphatic heterocycles. The van der Waals surface area contributed by atoms with Crippen molar-refractivity contribution in [1.29, 1.82) is 0 Å². The van der Waals surface area contributed by atoms with Gasteiger partial charge < -0.3 is 0 Å². The van der Waals surface area contributed by atoms with Gasteiger partial charge in [-0.05, 0) is 18.2 Å². The van der Waals surface area contributed by atoms with E-state index in [4.69, 9.17) is 9.97 Å². The fourth-order valence-corrected chi connectivity index (χ4v) is 3.79. The van der Waals surface area contributed by atoms with E-state index in [2.05, 4.69) is 73.9 Å². The van der Waals surface area contributed by atoms with Gasteiger partial charge in [-0.2, -0.15) is 0 Å². The van der Waals surface area contributed by atoms with Crippen molar-refractivity contribution in [3.8, 4) is 28.1 Å². The van der Waals surface area contributed by atoms with Crippen LogP contribution in [0, 0.1) is 0 Å². The van der Waals surface area contributed by atoms with E-state index in [1.54, 1.807) is 0 Å². The van der Waals surface area contributed by atoms with E-state index in [0.29, 0.717) is 0 Å². The standard InChI is InChI=1S/C22H19N3/c1-22(2,3)21-24-17-11-6-9-15-14-10-7-13-23-19(14)16-8-4-5-12-18(16)25(21)20(15)17/h4-13H,1-3H3. The van der Waals surface area contributed by atoms with Gasteiger partial charge in [-0.3, -0.25) is 9.55 Å². The van der Waals surface area contributed by atoms with Gasteiger partial charge in [0.2, 0.25) is 0 Å². The highest BCUT2D eigenvalue weighted by Crippen LogP contribution is 2.43. The maximum Gasteiger partial charge on any atom is 0.119 e. The summed E-state index contributed by atoms with van der Waals surface area (Å²) in [4.78, 5) is 9.74. The second-order valence-corrected chi connectivity index (χ2v) is 7.61. The van der Waals surface area contributed by atoms with E-state index >= 15 is 0 Å². The van der Waals surface area contributed by atoms with E-state index in [1.807, 2.05) is 12.3 Å². The molecule has 0 aliphatic carbocycles. The van der Waals surface area contributed by atoms with Crippen molar-refractivity contribution in [3.05, 3.63) is 66.6 Å². The van der Waals surface area contributed by atoms with Crippen LogP contribution in [-0.4, -0.2) is 14.5 Å². The van der Waals surface area contributed by atoms with Crippen molar-refractivity contribution in [2.24, 2.45) is 0 Å². The molecular weight excluding hydrogens is 306 g/mol. The second kappa shape index (κ2) is 4.79. The highest BCUT2D eigenvalue weighted by atomic mass is 15.1. The molecule has 2 aromatic carbocycles. The molecule has 4 aromatic rings. The minimum Gasteiger partial charge on any atom is -0.295 e. The van der Waals surface area contributed by atoms with Gasteiger partial charge in [0, 0.05) is 28.3 Å². The molecule has 0 amide bonds. The van der Waals surface area contributed by atoms with Gasteiger partial charge in [0.15, 0.2) is 0 Å². The van der Waals surface area contributed by atoms with Crippen LogP contribution in [0.15, 0.2) is 60.8 Å². The lowest BCUT2D eigenvalue weighted by molar-refractivity contribution is 0.539. The summed E-state index contributed by atoms with van der Waals surface area (Å²) in [5, 5.41) is 0. The number of hydrogen-bond acceptors (Lipinski definition) is 2. The minimum atomic E-state index is -0.0621. The Morgan fingerprint density at radius 1 is 0.800 bits per heavy atom. The smallest absolute Gasteiger partial charge is 0.119 e. The third kappa shape index (κ3) is 1.92. The topological polar surface area (TPSA) is 30.7 Å². The number of imidazole rings is 1.